The molecule has 0 radical (unpaired) electrons. The Balaban J connectivity index is 1.87. The summed E-state index contributed by atoms with van der Waals surface area (Å²) in [5.41, 5.74) is -0.177. The van der Waals surface area contributed by atoms with E-state index in [4.69, 9.17) is 0 Å². The number of carbonyl (C=O) groups is 1. The lowest BCUT2D eigenvalue weighted by molar-refractivity contribution is -0.141. The van der Waals surface area contributed by atoms with Crippen LogP contribution < -0.4 is 10.6 Å². The molecule has 1 fully saturated rings. The highest BCUT2D eigenvalue weighted by molar-refractivity contribution is 7.93. The number of nitrogens with zero attached hydrogens (tertiary/aromatic N) is 3. The van der Waals surface area contributed by atoms with Crippen LogP contribution in [0, 0.1) is 12.8 Å². The third-order valence-electron chi connectivity index (χ3n) is 4.80. The van der Waals surface area contributed by atoms with E-state index in [1.54, 1.807) is 6.92 Å². The standard InChI is InChI=1S/C20H22F3N5O3S/c1-12-16(25-9-8-24-12)11-26-18-14(5-6-17(28-18)20(21,22)23)19(29)27-15(13-3-4-13)7-10-32(2,30)31/h5-10,13,15H,3-4,11H2,1-2H3,(H,26,28)(H,27,29)/b10-7+/t15-/m1/s1. The minimum Gasteiger partial charge on any atom is -0.364 e. The van der Waals surface area contributed by atoms with Crippen LogP contribution in [0.15, 0.2) is 36.0 Å². The fraction of sp³-hybridized carbons (Fsp3) is 0.400. The van der Waals surface area contributed by atoms with Crippen molar-refractivity contribution >= 4 is 21.6 Å². The summed E-state index contributed by atoms with van der Waals surface area (Å²) in [7, 11) is -3.39. The van der Waals surface area contributed by atoms with E-state index >= 15 is 0 Å². The molecule has 0 aliphatic heterocycles. The summed E-state index contributed by atoms with van der Waals surface area (Å²) in [4.78, 5) is 24.7. The van der Waals surface area contributed by atoms with Gasteiger partial charge in [0.15, 0.2) is 9.84 Å². The van der Waals surface area contributed by atoms with Crippen molar-refractivity contribution in [2.75, 3.05) is 11.6 Å². The molecule has 2 N–H and O–H groups in total. The zero-order valence-corrected chi connectivity index (χ0v) is 18.2. The summed E-state index contributed by atoms with van der Waals surface area (Å²) in [6, 6.07) is 1.21. The molecule has 3 rings (SSSR count). The van der Waals surface area contributed by atoms with E-state index in [-0.39, 0.29) is 23.8 Å². The summed E-state index contributed by atoms with van der Waals surface area (Å²) in [6.45, 7) is 1.71. The molecule has 8 nitrogen and oxygen atoms in total. The Kier molecular flexibility index (Phi) is 6.82. The summed E-state index contributed by atoms with van der Waals surface area (Å²) < 4.78 is 62.4. The molecule has 0 saturated heterocycles. The van der Waals surface area contributed by atoms with Gasteiger partial charge in [-0.2, -0.15) is 13.2 Å². The van der Waals surface area contributed by atoms with Crippen LogP contribution in [-0.4, -0.2) is 41.6 Å². The van der Waals surface area contributed by atoms with Crippen molar-refractivity contribution < 1.29 is 26.4 Å². The molecule has 1 saturated carbocycles. The molecule has 0 unspecified atom stereocenters. The van der Waals surface area contributed by atoms with Gasteiger partial charge in [0.2, 0.25) is 0 Å². The van der Waals surface area contributed by atoms with Gasteiger partial charge in [0.1, 0.15) is 11.5 Å². The number of hydrogen-bond acceptors (Lipinski definition) is 7. The van der Waals surface area contributed by atoms with Crippen LogP contribution >= 0.6 is 0 Å². The van der Waals surface area contributed by atoms with E-state index in [1.807, 2.05) is 0 Å². The molecule has 172 valence electrons. The average Bonchev–Trinajstić information content (AvgIpc) is 3.54. The molecule has 32 heavy (non-hydrogen) atoms. The van der Waals surface area contributed by atoms with Gasteiger partial charge in [-0.05, 0) is 37.8 Å². The number of pyridine rings is 1. The molecule has 2 heterocycles. The largest absolute Gasteiger partial charge is 0.433 e. The molecule has 1 amide bonds. The Morgan fingerprint density at radius 2 is 1.94 bits per heavy atom. The highest BCUT2D eigenvalue weighted by Gasteiger charge is 2.35. The molecule has 1 atom stereocenters. The van der Waals surface area contributed by atoms with Gasteiger partial charge in [-0.15, -0.1) is 0 Å². The van der Waals surface area contributed by atoms with Crippen LogP contribution in [0.4, 0.5) is 19.0 Å². The molecule has 12 heteroatoms. The zero-order valence-electron chi connectivity index (χ0n) is 17.3. The first kappa shape index (κ1) is 23.6. The number of aromatic nitrogens is 3. The minimum absolute atomic E-state index is 0.00823. The van der Waals surface area contributed by atoms with E-state index < -0.39 is 33.7 Å². The van der Waals surface area contributed by atoms with Gasteiger partial charge in [-0.25, -0.2) is 13.4 Å². The topological polar surface area (TPSA) is 114 Å². The third kappa shape index (κ3) is 6.49. The Labute approximate surface area is 183 Å². The molecule has 0 bridgehead atoms. The number of rotatable bonds is 8. The Hall–Kier alpha value is -3.02. The minimum atomic E-state index is -4.69. The predicted molar refractivity (Wildman–Crippen MR) is 111 cm³/mol. The third-order valence-corrected chi connectivity index (χ3v) is 5.45. The van der Waals surface area contributed by atoms with Gasteiger partial charge < -0.3 is 10.6 Å². The van der Waals surface area contributed by atoms with Crippen LogP contribution in [0.25, 0.3) is 0 Å². The zero-order chi connectivity index (χ0) is 23.5. The lowest BCUT2D eigenvalue weighted by atomic mass is 10.1. The van der Waals surface area contributed by atoms with Crippen molar-refractivity contribution in [1.29, 1.82) is 0 Å². The van der Waals surface area contributed by atoms with Gasteiger partial charge in [0.05, 0.1) is 29.5 Å². The van der Waals surface area contributed by atoms with Crippen LogP contribution in [0.3, 0.4) is 0 Å². The fourth-order valence-corrected chi connectivity index (χ4v) is 3.40. The van der Waals surface area contributed by atoms with Gasteiger partial charge >= 0.3 is 6.18 Å². The smallest absolute Gasteiger partial charge is 0.364 e. The summed E-state index contributed by atoms with van der Waals surface area (Å²) in [5, 5.41) is 6.46. The van der Waals surface area contributed by atoms with Crippen LogP contribution in [0.5, 0.6) is 0 Å². The SMILES string of the molecule is Cc1nccnc1CNc1nc(C(F)(F)F)ccc1C(=O)N[C@H](/C=C/S(C)(=O)=O)C1CC1. The van der Waals surface area contributed by atoms with E-state index in [9.17, 15) is 26.4 Å². The number of carbonyl (C=O) groups excluding carboxylic acids is 1. The summed E-state index contributed by atoms with van der Waals surface area (Å²) >= 11 is 0. The van der Waals surface area contributed by atoms with Crippen LogP contribution in [0.2, 0.25) is 0 Å². The number of alkyl halides is 3. The van der Waals surface area contributed by atoms with E-state index in [0.29, 0.717) is 11.4 Å². The predicted octanol–water partition coefficient (Wildman–Crippen LogP) is 2.88. The summed E-state index contributed by atoms with van der Waals surface area (Å²) in [6.07, 6.45) is 2.28. The van der Waals surface area contributed by atoms with E-state index in [2.05, 4.69) is 25.6 Å². The normalized spacial score (nSPS) is 15.5. The number of anilines is 1. The molecule has 1 aliphatic rings. The van der Waals surface area contributed by atoms with Crippen molar-refractivity contribution in [2.24, 2.45) is 5.92 Å². The van der Waals surface area contributed by atoms with Crippen molar-refractivity contribution in [3.8, 4) is 0 Å². The first-order valence-electron chi connectivity index (χ1n) is 9.72. The molecule has 2 aromatic heterocycles. The second-order valence-corrected chi connectivity index (χ2v) is 9.46. The van der Waals surface area contributed by atoms with Gasteiger partial charge in [0, 0.05) is 24.1 Å². The lowest BCUT2D eigenvalue weighted by Gasteiger charge is -2.17. The van der Waals surface area contributed by atoms with Crippen LogP contribution in [-0.2, 0) is 22.6 Å². The number of nitrogens with one attached hydrogen (secondary N) is 2. The monoisotopic (exact) mass is 469 g/mol. The second-order valence-electron chi connectivity index (χ2n) is 7.53. The fourth-order valence-electron chi connectivity index (χ4n) is 2.95. The van der Waals surface area contributed by atoms with Gasteiger partial charge in [-0.3, -0.25) is 14.8 Å². The molecular weight excluding hydrogens is 447 g/mol. The quantitative estimate of drug-likeness (QED) is 0.611. The van der Waals surface area contributed by atoms with Crippen molar-refractivity contribution in [2.45, 2.75) is 38.5 Å². The highest BCUT2D eigenvalue weighted by atomic mass is 32.2. The molecule has 1 aliphatic carbocycles. The Bertz CT molecular complexity index is 1130. The Morgan fingerprint density at radius 1 is 1.25 bits per heavy atom. The van der Waals surface area contributed by atoms with Gasteiger partial charge in [0.25, 0.3) is 5.91 Å². The maximum absolute atomic E-state index is 13.2. The molecular formula is C20H22F3N5O3S. The second kappa shape index (κ2) is 9.23. The summed E-state index contributed by atoms with van der Waals surface area (Å²) in [5.74, 6) is -0.860. The lowest BCUT2D eigenvalue weighted by Crippen LogP contribution is -2.35. The highest BCUT2D eigenvalue weighted by Crippen LogP contribution is 2.34. The maximum Gasteiger partial charge on any atom is 0.433 e. The van der Waals surface area contributed by atoms with Gasteiger partial charge in [-0.1, -0.05) is 6.08 Å². The van der Waals surface area contributed by atoms with Crippen LogP contribution in [0.1, 0.15) is 40.3 Å². The molecule has 0 spiro atoms. The van der Waals surface area contributed by atoms with Crippen molar-refractivity contribution in [3.05, 3.63) is 58.7 Å². The number of aryl methyl sites for hydroxylation is 1. The number of hydrogen-bond donors (Lipinski definition) is 2. The number of amides is 1. The molecule has 0 aromatic carbocycles. The number of halogens is 3. The average molecular weight is 469 g/mol. The first-order chi connectivity index (χ1) is 14.9. The van der Waals surface area contributed by atoms with Crippen molar-refractivity contribution in [1.82, 2.24) is 20.3 Å². The number of sulfone groups is 1. The van der Waals surface area contributed by atoms with E-state index in [1.165, 1.54) is 18.5 Å². The first-order valence-corrected chi connectivity index (χ1v) is 11.7. The molecule has 2 aromatic rings. The maximum atomic E-state index is 13.2. The Morgan fingerprint density at radius 3 is 2.53 bits per heavy atom. The van der Waals surface area contributed by atoms with Crippen molar-refractivity contribution in [3.63, 3.8) is 0 Å². The van der Waals surface area contributed by atoms with E-state index in [0.717, 1.165) is 36.6 Å².